The number of nitrogens with two attached hydrogens (primary N) is 1. The van der Waals surface area contributed by atoms with Crippen molar-refractivity contribution in [2.45, 2.75) is 70.8 Å². The predicted octanol–water partition coefficient (Wildman–Crippen LogP) is 6.60. The van der Waals surface area contributed by atoms with E-state index in [2.05, 4.69) is 92.1 Å². The molecule has 2 heterocycles. The van der Waals surface area contributed by atoms with Gasteiger partial charge in [0, 0.05) is 29.8 Å². The Morgan fingerprint density at radius 1 is 1.10 bits per heavy atom. The standard InChI is InChI=1S/C31H42N4O3Si/c1-31(2,3)39(4,5)38-22-26(35-21-28(30(32)36)33-23-35)16-18-34-17-15-25-20-27(13-14-29(25)34)37-19-9-12-24-10-7-6-8-11-24/h6-8,10-11,13-15,17,20-21,23,26H,9,12,16,18-19,22H2,1-5H3,(H2,32,36)/t26-/m1/s1. The van der Waals surface area contributed by atoms with Crippen molar-refractivity contribution in [1.29, 1.82) is 0 Å². The molecule has 7 nitrogen and oxygen atoms in total. The number of hydrogen-bond donors (Lipinski definition) is 1. The Balaban J connectivity index is 1.40. The zero-order valence-electron chi connectivity index (χ0n) is 23.9. The van der Waals surface area contributed by atoms with Crippen LogP contribution in [0.5, 0.6) is 5.75 Å². The van der Waals surface area contributed by atoms with Crippen LogP contribution in [0, 0.1) is 0 Å². The summed E-state index contributed by atoms with van der Waals surface area (Å²) in [6.45, 7) is 13.3. The van der Waals surface area contributed by atoms with Crippen molar-refractivity contribution in [3.63, 3.8) is 0 Å². The maximum Gasteiger partial charge on any atom is 0.268 e. The number of primary amides is 1. The number of rotatable bonds is 13. The molecule has 2 aromatic carbocycles. The summed E-state index contributed by atoms with van der Waals surface area (Å²) >= 11 is 0. The van der Waals surface area contributed by atoms with Gasteiger partial charge in [-0.3, -0.25) is 4.79 Å². The molecule has 39 heavy (non-hydrogen) atoms. The lowest BCUT2D eigenvalue weighted by molar-refractivity contribution is 0.0995. The molecule has 0 saturated heterocycles. The Morgan fingerprint density at radius 2 is 1.87 bits per heavy atom. The van der Waals surface area contributed by atoms with Crippen LogP contribution in [-0.2, 0) is 17.4 Å². The van der Waals surface area contributed by atoms with E-state index in [9.17, 15) is 4.79 Å². The lowest BCUT2D eigenvalue weighted by Crippen LogP contribution is -2.42. The van der Waals surface area contributed by atoms with E-state index in [4.69, 9.17) is 14.9 Å². The van der Waals surface area contributed by atoms with Crippen molar-refractivity contribution in [1.82, 2.24) is 14.1 Å². The fraction of sp³-hybridized carbons (Fsp3) is 0.419. The van der Waals surface area contributed by atoms with Gasteiger partial charge >= 0.3 is 0 Å². The summed E-state index contributed by atoms with van der Waals surface area (Å²) < 4.78 is 16.9. The highest BCUT2D eigenvalue weighted by Crippen LogP contribution is 2.37. The molecule has 0 aliphatic heterocycles. The number of hydrogen-bond acceptors (Lipinski definition) is 4. The second-order valence-corrected chi connectivity index (χ2v) is 16.6. The van der Waals surface area contributed by atoms with Gasteiger partial charge in [-0.15, -0.1) is 0 Å². The van der Waals surface area contributed by atoms with Crippen molar-refractivity contribution in [2.24, 2.45) is 5.73 Å². The SMILES string of the molecule is CC(C)(C)[Si](C)(C)OC[C@@H](CCn1ccc2cc(OCCCc3ccccc3)ccc21)n1cnc(C(N)=O)c1. The molecule has 2 N–H and O–H groups in total. The summed E-state index contributed by atoms with van der Waals surface area (Å²) in [5, 5.41) is 1.27. The molecule has 2 aromatic heterocycles. The first-order valence-electron chi connectivity index (χ1n) is 13.8. The number of amides is 1. The average Bonchev–Trinajstić information content (AvgIpc) is 3.54. The Morgan fingerprint density at radius 3 is 2.56 bits per heavy atom. The summed E-state index contributed by atoms with van der Waals surface area (Å²) in [5.41, 5.74) is 8.24. The molecular formula is C31H42N4O3Si. The van der Waals surface area contributed by atoms with Gasteiger partial charge in [-0.1, -0.05) is 51.1 Å². The van der Waals surface area contributed by atoms with Gasteiger partial charge in [0.2, 0.25) is 0 Å². The fourth-order valence-electron chi connectivity index (χ4n) is 4.37. The molecular weight excluding hydrogens is 504 g/mol. The zero-order valence-corrected chi connectivity index (χ0v) is 24.9. The van der Waals surface area contributed by atoms with Gasteiger partial charge in [-0.25, -0.2) is 4.98 Å². The molecule has 208 valence electrons. The molecule has 0 fully saturated rings. The number of fused-ring (bicyclic) bond motifs is 1. The first kappa shape index (κ1) is 28.6. The lowest BCUT2D eigenvalue weighted by atomic mass is 10.1. The summed E-state index contributed by atoms with van der Waals surface area (Å²) in [4.78, 5) is 15.9. The molecule has 1 amide bonds. The third kappa shape index (κ3) is 7.39. The van der Waals surface area contributed by atoms with Crippen molar-refractivity contribution >= 4 is 25.1 Å². The number of carbonyl (C=O) groups is 1. The molecule has 0 saturated carbocycles. The first-order chi connectivity index (χ1) is 18.5. The maximum absolute atomic E-state index is 11.7. The molecule has 0 unspecified atom stereocenters. The number of benzene rings is 2. The van der Waals surface area contributed by atoms with Crippen LogP contribution in [0.4, 0.5) is 0 Å². The van der Waals surface area contributed by atoms with E-state index in [0.717, 1.165) is 36.9 Å². The number of carbonyl (C=O) groups excluding carboxylic acids is 1. The summed E-state index contributed by atoms with van der Waals surface area (Å²) in [6.07, 6.45) is 8.36. The Hall–Kier alpha value is -3.36. The van der Waals surface area contributed by atoms with Crippen LogP contribution < -0.4 is 10.5 Å². The van der Waals surface area contributed by atoms with Gasteiger partial charge in [0.05, 0.1) is 25.6 Å². The minimum absolute atomic E-state index is 0.0318. The topological polar surface area (TPSA) is 84.3 Å². The van der Waals surface area contributed by atoms with Crippen LogP contribution in [-0.4, -0.2) is 41.6 Å². The van der Waals surface area contributed by atoms with Crippen LogP contribution in [0.25, 0.3) is 10.9 Å². The first-order valence-corrected chi connectivity index (χ1v) is 16.7. The third-order valence-electron chi connectivity index (χ3n) is 7.89. The zero-order chi connectivity index (χ0) is 28.0. The van der Waals surface area contributed by atoms with Crippen LogP contribution in [0.2, 0.25) is 18.1 Å². The smallest absolute Gasteiger partial charge is 0.268 e. The molecule has 0 bridgehead atoms. The molecule has 0 radical (unpaired) electrons. The normalized spacial score (nSPS) is 13.1. The molecule has 0 aliphatic carbocycles. The minimum atomic E-state index is -1.94. The quantitative estimate of drug-likeness (QED) is 0.151. The largest absolute Gasteiger partial charge is 0.494 e. The van der Waals surface area contributed by atoms with Gasteiger partial charge < -0.3 is 24.0 Å². The maximum atomic E-state index is 11.7. The second kappa shape index (κ2) is 12.2. The Labute approximate surface area is 233 Å². The monoisotopic (exact) mass is 546 g/mol. The van der Waals surface area contributed by atoms with E-state index in [1.807, 2.05) is 16.7 Å². The second-order valence-electron chi connectivity index (χ2n) is 11.8. The number of ether oxygens (including phenoxy) is 1. The summed E-state index contributed by atoms with van der Waals surface area (Å²) in [5.74, 6) is 0.374. The van der Waals surface area contributed by atoms with Crippen molar-refractivity contribution in [2.75, 3.05) is 13.2 Å². The highest BCUT2D eigenvalue weighted by Gasteiger charge is 2.37. The highest BCUT2D eigenvalue weighted by molar-refractivity contribution is 6.74. The number of aromatic nitrogens is 3. The lowest BCUT2D eigenvalue weighted by Gasteiger charge is -2.37. The van der Waals surface area contributed by atoms with E-state index in [1.54, 1.807) is 12.5 Å². The molecule has 0 spiro atoms. The minimum Gasteiger partial charge on any atom is -0.494 e. The van der Waals surface area contributed by atoms with Crippen LogP contribution in [0.15, 0.2) is 73.3 Å². The van der Waals surface area contributed by atoms with Gasteiger partial charge in [0.15, 0.2) is 8.32 Å². The van der Waals surface area contributed by atoms with Crippen molar-refractivity contribution in [3.8, 4) is 5.75 Å². The number of imidazole rings is 1. The highest BCUT2D eigenvalue weighted by atomic mass is 28.4. The summed E-state index contributed by atoms with van der Waals surface area (Å²) in [7, 11) is -1.94. The number of aryl methyl sites for hydroxylation is 2. The van der Waals surface area contributed by atoms with Gasteiger partial charge in [0.25, 0.3) is 5.91 Å². The molecule has 4 rings (SSSR count). The van der Waals surface area contributed by atoms with Gasteiger partial charge in [-0.05, 0) is 67.2 Å². The van der Waals surface area contributed by atoms with Crippen LogP contribution >= 0.6 is 0 Å². The Bertz CT molecular complexity index is 1370. The third-order valence-corrected chi connectivity index (χ3v) is 12.4. The van der Waals surface area contributed by atoms with E-state index >= 15 is 0 Å². The molecule has 4 aromatic rings. The molecule has 8 heteroatoms. The molecule has 1 atom stereocenters. The average molecular weight is 547 g/mol. The molecule has 0 aliphatic rings. The van der Waals surface area contributed by atoms with Gasteiger partial charge in [-0.2, -0.15) is 0 Å². The van der Waals surface area contributed by atoms with Crippen LogP contribution in [0.3, 0.4) is 0 Å². The van der Waals surface area contributed by atoms with E-state index in [-0.39, 0.29) is 16.8 Å². The fourth-order valence-corrected chi connectivity index (χ4v) is 5.41. The number of nitrogens with zero attached hydrogens (tertiary/aromatic N) is 3. The Kier molecular flexibility index (Phi) is 8.97. The van der Waals surface area contributed by atoms with Crippen molar-refractivity contribution < 1.29 is 14.0 Å². The van der Waals surface area contributed by atoms with E-state index in [0.29, 0.717) is 13.2 Å². The summed E-state index contributed by atoms with van der Waals surface area (Å²) in [6, 6.07) is 19.0. The van der Waals surface area contributed by atoms with E-state index < -0.39 is 14.2 Å². The van der Waals surface area contributed by atoms with E-state index in [1.165, 1.54) is 11.1 Å². The van der Waals surface area contributed by atoms with Crippen molar-refractivity contribution in [3.05, 3.63) is 84.6 Å². The van der Waals surface area contributed by atoms with Gasteiger partial charge in [0.1, 0.15) is 11.4 Å². The van der Waals surface area contributed by atoms with Crippen LogP contribution in [0.1, 0.15) is 55.7 Å². The predicted molar refractivity (Wildman–Crippen MR) is 160 cm³/mol.